The van der Waals surface area contributed by atoms with Gasteiger partial charge in [0.15, 0.2) is 6.10 Å². The lowest BCUT2D eigenvalue weighted by Gasteiger charge is -2.40. The van der Waals surface area contributed by atoms with E-state index in [4.69, 9.17) is 15.2 Å². The molecule has 2 fully saturated rings. The number of hydrogen-bond donors (Lipinski definition) is 2. The average molecular weight is 347 g/mol. The molecule has 8 heteroatoms. The Kier molecular flexibility index (Phi) is 4.89. The van der Waals surface area contributed by atoms with E-state index >= 15 is 0 Å². The smallest absolute Gasteiger partial charge is 0.252 e. The molecule has 0 spiro atoms. The van der Waals surface area contributed by atoms with Crippen LogP contribution in [0.3, 0.4) is 0 Å². The Labute approximate surface area is 145 Å². The van der Waals surface area contributed by atoms with Crippen molar-refractivity contribution in [3.8, 4) is 5.75 Å². The largest absolute Gasteiger partial charge is 0.497 e. The third-order valence-corrected chi connectivity index (χ3v) is 4.35. The molecule has 1 aromatic carbocycles. The maximum atomic E-state index is 12.5. The molecular formula is C17H21N3O5. The molecule has 3 N–H and O–H groups in total. The molecule has 1 heterocycles. The van der Waals surface area contributed by atoms with E-state index in [0.29, 0.717) is 5.75 Å². The van der Waals surface area contributed by atoms with Crippen LogP contribution in [-0.4, -0.2) is 55.0 Å². The van der Waals surface area contributed by atoms with Gasteiger partial charge in [-0.05, 0) is 30.5 Å². The second kappa shape index (κ2) is 7.10. The lowest BCUT2D eigenvalue weighted by molar-refractivity contribution is -0.165. The van der Waals surface area contributed by atoms with Crippen LogP contribution in [0, 0.1) is 0 Å². The third-order valence-electron chi connectivity index (χ3n) is 4.35. The highest BCUT2D eigenvalue weighted by Gasteiger charge is 2.47. The summed E-state index contributed by atoms with van der Waals surface area (Å²) in [5.74, 6) is -0.556. The number of amides is 3. The summed E-state index contributed by atoms with van der Waals surface area (Å²) in [6.45, 7) is -0.427. The molecule has 1 saturated carbocycles. The molecule has 134 valence electrons. The monoisotopic (exact) mass is 347 g/mol. The van der Waals surface area contributed by atoms with Crippen molar-refractivity contribution < 1.29 is 23.9 Å². The van der Waals surface area contributed by atoms with E-state index < -0.39 is 24.0 Å². The van der Waals surface area contributed by atoms with Crippen LogP contribution in [0.15, 0.2) is 24.3 Å². The molecule has 0 unspecified atom stereocenters. The van der Waals surface area contributed by atoms with E-state index in [1.807, 2.05) is 12.1 Å². The number of nitrogens with two attached hydrogens (primary N) is 1. The highest BCUT2D eigenvalue weighted by molar-refractivity contribution is 5.89. The van der Waals surface area contributed by atoms with Gasteiger partial charge in [0.1, 0.15) is 12.4 Å². The molecule has 1 aromatic rings. The van der Waals surface area contributed by atoms with Crippen LogP contribution in [0.1, 0.15) is 24.4 Å². The summed E-state index contributed by atoms with van der Waals surface area (Å²) in [6, 6.07) is 6.75. The van der Waals surface area contributed by atoms with Gasteiger partial charge in [-0.1, -0.05) is 12.1 Å². The summed E-state index contributed by atoms with van der Waals surface area (Å²) < 4.78 is 10.7. The third kappa shape index (κ3) is 3.74. The molecule has 25 heavy (non-hydrogen) atoms. The lowest BCUT2D eigenvalue weighted by atomic mass is 9.96. The van der Waals surface area contributed by atoms with Gasteiger partial charge in [0.25, 0.3) is 5.91 Å². The van der Waals surface area contributed by atoms with Crippen molar-refractivity contribution in [2.45, 2.75) is 31.0 Å². The van der Waals surface area contributed by atoms with Gasteiger partial charge in [0, 0.05) is 6.04 Å². The molecule has 1 saturated heterocycles. The molecule has 1 aliphatic carbocycles. The molecule has 3 amide bonds. The first-order valence-corrected chi connectivity index (χ1v) is 8.14. The van der Waals surface area contributed by atoms with Gasteiger partial charge >= 0.3 is 0 Å². The van der Waals surface area contributed by atoms with Crippen LogP contribution in [0.5, 0.6) is 5.75 Å². The number of ether oxygens (including phenoxy) is 2. The van der Waals surface area contributed by atoms with Crippen LogP contribution in [0.25, 0.3) is 0 Å². The second-order valence-electron chi connectivity index (χ2n) is 6.17. The Hall–Kier alpha value is -2.61. The molecule has 8 nitrogen and oxygen atoms in total. The van der Waals surface area contributed by atoms with Crippen molar-refractivity contribution in [1.82, 2.24) is 10.2 Å². The number of methoxy groups -OCH3 is 1. The highest BCUT2D eigenvalue weighted by atomic mass is 16.5. The summed E-state index contributed by atoms with van der Waals surface area (Å²) >= 11 is 0. The summed E-state index contributed by atoms with van der Waals surface area (Å²) in [6.07, 6.45) is 0.924. The average Bonchev–Trinajstić information content (AvgIpc) is 3.44. The number of carbonyl (C=O) groups excluding carboxylic acids is 3. The molecule has 1 aliphatic heterocycles. The number of nitrogens with zero attached hydrogens (tertiary/aromatic N) is 1. The summed E-state index contributed by atoms with van der Waals surface area (Å²) in [7, 11) is 1.57. The van der Waals surface area contributed by atoms with E-state index in [9.17, 15) is 14.4 Å². The highest BCUT2D eigenvalue weighted by Crippen LogP contribution is 2.39. The second-order valence-corrected chi connectivity index (χ2v) is 6.17. The maximum Gasteiger partial charge on any atom is 0.252 e. The summed E-state index contributed by atoms with van der Waals surface area (Å²) in [5.41, 5.74) is 5.86. The van der Waals surface area contributed by atoms with Gasteiger partial charge in [-0.3, -0.25) is 14.4 Å². The van der Waals surface area contributed by atoms with Gasteiger partial charge in [-0.25, -0.2) is 0 Å². The number of carbonyl (C=O) groups is 3. The predicted molar refractivity (Wildman–Crippen MR) is 87.5 cm³/mol. The Balaban J connectivity index is 1.89. The molecule has 2 atom stereocenters. The first kappa shape index (κ1) is 17.2. The van der Waals surface area contributed by atoms with E-state index in [1.54, 1.807) is 24.1 Å². The van der Waals surface area contributed by atoms with Crippen LogP contribution in [0.2, 0.25) is 0 Å². The molecule has 2 aliphatic rings. The van der Waals surface area contributed by atoms with Gasteiger partial charge in [-0.2, -0.15) is 0 Å². The number of rotatable bonds is 6. The zero-order chi connectivity index (χ0) is 18.0. The van der Waals surface area contributed by atoms with Gasteiger partial charge in [0.05, 0.1) is 19.7 Å². The van der Waals surface area contributed by atoms with Crippen molar-refractivity contribution in [1.29, 1.82) is 0 Å². The normalized spacial score (nSPS) is 23.2. The van der Waals surface area contributed by atoms with Crippen molar-refractivity contribution in [3.05, 3.63) is 29.8 Å². The number of benzene rings is 1. The number of primary amides is 1. The van der Waals surface area contributed by atoms with Crippen LogP contribution in [-0.2, 0) is 19.1 Å². The zero-order valence-electron chi connectivity index (χ0n) is 13.9. The maximum absolute atomic E-state index is 12.5. The van der Waals surface area contributed by atoms with E-state index in [-0.39, 0.29) is 25.1 Å². The van der Waals surface area contributed by atoms with Crippen molar-refractivity contribution >= 4 is 17.7 Å². The Morgan fingerprint density at radius 1 is 1.32 bits per heavy atom. The standard InChI is InChI=1S/C17H21N3O5/c1-24-12-6-2-10(3-7-12)15-16(17(23)19-8-13(18)21)25-9-14(22)20(15)11-4-5-11/h2-3,6-7,11,15-16H,4-5,8-9H2,1H3,(H2,18,21)(H,19,23)/t15-,16+/m1/s1. The number of hydrogen-bond acceptors (Lipinski definition) is 5. The molecule has 0 aromatic heterocycles. The van der Waals surface area contributed by atoms with Crippen LogP contribution < -0.4 is 15.8 Å². The number of nitrogens with one attached hydrogen (secondary N) is 1. The van der Waals surface area contributed by atoms with Crippen LogP contribution in [0.4, 0.5) is 0 Å². The van der Waals surface area contributed by atoms with Gasteiger partial charge in [-0.15, -0.1) is 0 Å². The van der Waals surface area contributed by atoms with E-state index in [2.05, 4.69) is 5.32 Å². The van der Waals surface area contributed by atoms with Crippen LogP contribution >= 0.6 is 0 Å². The first-order chi connectivity index (χ1) is 12.0. The first-order valence-electron chi connectivity index (χ1n) is 8.14. The Morgan fingerprint density at radius 3 is 2.56 bits per heavy atom. The Bertz CT molecular complexity index is 671. The van der Waals surface area contributed by atoms with Crippen molar-refractivity contribution in [3.63, 3.8) is 0 Å². The summed E-state index contributed by atoms with van der Waals surface area (Å²) in [5, 5.41) is 2.47. The fraction of sp³-hybridized carbons (Fsp3) is 0.471. The molecule has 0 bridgehead atoms. The van der Waals surface area contributed by atoms with Crippen molar-refractivity contribution in [2.75, 3.05) is 20.3 Å². The number of morpholine rings is 1. The fourth-order valence-electron chi connectivity index (χ4n) is 3.04. The predicted octanol–water partition coefficient (Wildman–Crippen LogP) is -0.272. The minimum atomic E-state index is -0.897. The topological polar surface area (TPSA) is 111 Å². The van der Waals surface area contributed by atoms with Crippen molar-refractivity contribution in [2.24, 2.45) is 5.73 Å². The summed E-state index contributed by atoms with van der Waals surface area (Å²) in [4.78, 5) is 37.6. The van der Waals surface area contributed by atoms with E-state index in [1.165, 1.54) is 0 Å². The quantitative estimate of drug-likeness (QED) is 0.736. The molecule has 0 radical (unpaired) electrons. The Morgan fingerprint density at radius 2 is 2.00 bits per heavy atom. The fourth-order valence-corrected chi connectivity index (χ4v) is 3.04. The minimum Gasteiger partial charge on any atom is -0.497 e. The van der Waals surface area contributed by atoms with Gasteiger partial charge in [0.2, 0.25) is 11.8 Å². The zero-order valence-corrected chi connectivity index (χ0v) is 13.9. The van der Waals surface area contributed by atoms with E-state index in [0.717, 1.165) is 18.4 Å². The lowest BCUT2D eigenvalue weighted by Crippen LogP contribution is -2.55. The molecule has 3 rings (SSSR count). The minimum absolute atomic E-state index is 0.120. The molecular weight excluding hydrogens is 326 g/mol. The SMILES string of the molecule is COc1ccc([C@@H]2[C@@H](C(=O)NCC(N)=O)OCC(=O)N2C2CC2)cc1. The van der Waals surface area contributed by atoms with Gasteiger partial charge < -0.3 is 25.4 Å².